The summed E-state index contributed by atoms with van der Waals surface area (Å²) in [5.41, 5.74) is 0.720. The summed E-state index contributed by atoms with van der Waals surface area (Å²) < 4.78 is 15.5. The number of thiazole rings is 1. The van der Waals surface area contributed by atoms with Gasteiger partial charge in [0.15, 0.2) is 5.13 Å². The minimum atomic E-state index is -0.233. The molecule has 0 saturated carbocycles. The Bertz CT molecular complexity index is 945. The van der Waals surface area contributed by atoms with Crippen molar-refractivity contribution >= 4 is 32.5 Å². The second kappa shape index (κ2) is 5.86. The van der Waals surface area contributed by atoms with Gasteiger partial charge in [-0.25, -0.2) is 14.1 Å². The van der Waals surface area contributed by atoms with Crippen molar-refractivity contribution in [3.05, 3.63) is 46.5 Å². The highest BCUT2D eigenvalue weighted by molar-refractivity contribution is 7.22. The van der Waals surface area contributed by atoms with E-state index in [-0.39, 0.29) is 11.4 Å². The molecule has 24 heavy (non-hydrogen) atoms. The zero-order valence-corrected chi connectivity index (χ0v) is 14.0. The van der Waals surface area contributed by atoms with Gasteiger partial charge >= 0.3 is 0 Å². The van der Waals surface area contributed by atoms with Crippen LogP contribution in [0.15, 0.2) is 35.1 Å². The molecule has 0 aliphatic carbocycles. The van der Waals surface area contributed by atoms with Gasteiger partial charge in [-0.2, -0.15) is 5.10 Å². The molecule has 0 atom stereocenters. The molecule has 0 unspecified atom stereocenters. The van der Waals surface area contributed by atoms with E-state index in [4.69, 9.17) is 0 Å². The predicted molar refractivity (Wildman–Crippen MR) is 93.5 cm³/mol. The van der Waals surface area contributed by atoms with Gasteiger partial charge in [0.2, 0.25) is 0 Å². The third-order valence-electron chi connectivity index (χ3n) is 4.16. The molecule has 1 saturated heterocycles. The van der Waals surface area contributed by atoms with Gasteiger partial charge in [0.05, 0.1) is 10.2 Å². The number of benzene rings is 1. The Labute approximate surface area is 141 Å². The maximum absolute atomic E-state index is 13.3. The molecule has 3 heterocycles. The molecule has 3 aromatic rings. The number of aromatic nitrogens is 3. The molecule has 1 aliphatic rings. The molecular formula is C16H16FN5OS. The van der Waals surface area contributed by atoms with Crippen LogP contribution in [0.2, 0.25) is 0 Å². The number of piperazine rings is 1. The van der Waals surface area contributed by atoms with Gasteiger partial charge in [0, 0.05) is 39.3 Å². The highest BCUT2D eigenvalue weighted by atomic mass is 32.1. The highest BCUT2D eigenvalue weighted by Crippen LogP contribution is 2.30. The van der Waals surface area contributed by atoms with E-state index in [9.17, 15) is 9.18 Å². The van der Waals surface area contributed by atoms with Crippen molar-refractivity contribution in [2.75, 3.05) is 36.0 Å². The van der Waals surface area contributed by atoms with Crippen LogP contribution in [0.4, 0.5) is 15.3 Å². The smallest absolute Gasteiger partial charge is 0.266 e. The molecule has 1 fully saturated rings. The molecule has 124 valence electrons. The maximum Gasteiger partial charge on any atom is 0.266 e. The highest BCUT2D eigenvalue weighted by Gasteiger charge is 2.21. The molecule has 4 rings (SSSR count). The van der Waals surface area contributed by atoms with Crippen LogP contribution in [0.25, 0.3) is 10.2 Å². The van der Waals surface area contributed by atoms with E-state index in [0.717, 1.165) is 47.3 Å². The van der Waals surface area contributed by atoms with Crippen molar-refractivity contribution < 1.29 is 4.39 Å². The van der Waals surface area contributed by atoms with Gasteiger partial charge in [-0.3, -0.25) is 4.79 Å². The molecule has 0 N–H and O–H groups in total. The number of aryl methyl sites for hydroxylation is 1. The van der Waals surface area contributed by atoms with Gasteiger partial charge in [0.1, 0.15) is 11.6 Å². The van der Waals surface area contributed by atoms with Crippen LogP contribution in [-0.4, -0.2) is 40.9 Å². The molecule has 1 aliphatic heterocycles. The first-order valence-corrected chi connectivity index (χ1v) is 8.52. The van der Waals surface area contributed by atoms with Crippen LogP contribution in [0.3, 0.4) is 0 Å². The number of hydrogen-bond acceptors (Lipinski definition) is 6. The molecule has 8 heteroatoms. The second-order valence-corrected chi connectivity index (χ2v) is 6.75. The fraction of sp³-hybridized carbons (Fsp3) is 0.312. The summed E-state index contributed by atoms with van der Waals surface area (Å²) in [6, 6.07) is 7.99. The number of anilines is 2. The van der Waals surface area contributed by atoms with Crippen LogP contribution in [0, 0.1) is 5.82 Å². The first-order valence-electron chi connectivity index (χ1n) is 7.70. The van der Waals surface area contributed by atoms with Crippen molar-refractivity contribution in [3.8, 4) is 0 Å². The summed E-state index contributed by atoms with van der Waals surface area (Å²) in [5.74, 6) is 0.575. The van der Waals surface area contributed by atoms with Crippen LogP contribution < -0.4 is 15.4 Å². The predicted octanol–water partition coefficient (Wildman–Crippen LogP) is 1.86. The molecule has 0 radical (unpaired) electrons. The maximum atomic E-state index is 13.3. The van der Waals surface area contributed by atoms with Gasteiger partial charge in [-0.05, 0) is 24.3 Å². The first-order chi connectivity index (χ1) is 11.6. The standard InChI is InChI=1S/C16H16FN5OS/c1-20-15(23)5-4-14(19-20)21-6-8-22(9-7-21)16-18-12-3-2-11(17)10-13(12)24-16/h2-5,10H,6-9H2,1H3. The fourth-order valence-electron chi connectivity index (χ4n) is 2.81. The molecule has 0 bridgehead atoms. The normalized spacial score (nSPS) is 15.2. The van der Waals surface area contributed by atoms with Crippen molar-refractivity contribution in [1.29, 1.82) is 0 Å². The lowest BCUT2D eigenvalue weighted by molar-refractivity contribution is 0.623. The van der Waals surface area contributed by atoms with Crippen LogP contribution in [-0.2, 0) is 7.05 Å². The topological polar surface area (TPSA) is 54.3 Å². The monoisotopic (exact) mass is 345 g/mol. The van der Waals surface area contributed by atoms with Crippen molar-refractivity contribution in [2.45, 2.75) is 0 Å². The number of nitrogens with zero attached hydrogens (tertiary/aromatic N) is 5. The second-order valence-electron chi connectivity index (χ2n) is 5.74. The summed E-state index contributed by atoms with van der Waals surface area (Å²) in [6.45, 7) is 3.23. The van der Waals surface area contributed by atoms with Crippen molar-refractivity contribution in [1.82, 2.24) is 14.8 Å². The lowest BCUT2D eigenvalue weighted by Gasteiger charge is -2.35. The Morgan fingerprint density at radius 2 is 1.83 bits per heavy atom. The van der Waals surface area contributed by atoms with E-state index >= 15 is 0 Å². The summed E-state index contributed by atoms with van der Waals surface area (Å²) in [7, 11) is 1.66. The van der Waals surface area contributed by atoms with Gasteiger partial charge in [-0.1, -0.05) is 11.3 Å². The molecule has 0 spiro atoms. The van der Waals surface area contributed by atoms with E-state index in [1.807, 2.05) is 0 Å². The minimum absolute atomic E-state index is 0.112. The lowest BCUT2D eigenvalue weighted by atomic mass is 10.3. The first kappa shape index (κ1) is 15.1. The third-order valence-corrected chi connectivity index (χ3v) is 5.24. The lowest BCUT2D eigenvalue weighted by Crippen LogP contribution is -2.47. The Morgan fingerprint density at radius 3 is 2.58 bits per heavy atom. The number of hydrogen-bond donors (Lipinski definition) is 0. The number of halogens is 1. The van der Waals surface area contributed by atoms with E-state index in [2.05, 4.69) is 19.9 Å². The summed E-state index contributed by atoms with van der Waals surface area (Å²) >= 11 is 1.51. The number of fused-ring (bicyclic) bond motifs is 1. The Morgan fingerprint density at radius 1 is 1.08 bits per heavy atom. The summed E-state index contributed by atoms with van der Waals surface area (Å²) in [4.78, 5) is 20.4. The van der Waals surface area contributed by atoms with Crippen molar-refractivity contribution in [2.24, 2.45) is 7.05 Å². The van der Waals surface area contributed by atoms with Gasteiger partial charge in [0.25, 0.3) is 5.56 Å². The fourth-order valence-corrected chi connectivity index (χ4v) is 3.85. The van der Waals surface area contributed by atoms with E-state index in [1.54, 1.807) is 19.2 Å². The largest absolute Gasteiger partial charge is 0.352 e. The zero-order chi connectivity index (χ0) is 16.7. The molecule has 2 aromatic heterocycles. The van der Waals surface area contributed by atoms with Gasteiger partial charge < -0.3 is 9.80 Å². The van der Waals surface area contributed by atoms with Gasteiger partial charge in [-0.15, -0.1) is 0 Å². The Kier molecular flexibility index (Phi) is 3.68. The van der Waals surface area contributed by atoms with E-state index in [1.165, 1.54) is 34.2 Å². The average molecular weight is 345 g/mol. The average Bonchev–Trinajstić information content (AvgIpc) is 3.00. The van der Waals surface area contributed by atoms with Crippen LogP contribution >= 0.6 is 11.3 Å². The number of rotatable bonds is 2. The molecule has 6 nitrogen and oxygen atoms in total. The zero-order valence-electron chi connectivity index (χ0n) is 13.1. The third kappa shape index (κ3) is 2.73. The Hall–Kier alpha value is -2.48. The quantitative estimate of drug-likeness (QED) is 0.710. The van der Waals surface area contributed by atoms with Crippen LogP contribution in [0.1, 0.15) is 0 Å². The van der Waals surface area contributed by atoms with E-state index < -0.39 is 0 Å². The van der Waals surface area contributed by atoms with Crippen molar-refractivity contribution in [3.63, 3.8) is 0 Å². The molecule has 1 aromatic carbocycles. The summed E-state index contributed by atoms with van der Waals surface area (Å²) in [6.07, 6.45) is 0. The van der Waals surface area contributed by atoms with Crippen LogP contribution in [0.5, 0.6) is 0 Å². The Balaban J connectivity index is 1.50. The minimum Gasteiger partial charge on any atom is -0.352 e. The molecule has 0 amide bonds. The summed E-state index contributed by atoms with van der Waals surface area (Å²) in [5, 5.41) is 5.22. The SMILES string of the molecule is Cn1nc(N2CCN(c3nc4ccc(F)cc4s3)CC2)ccc1=O. The molecular weight excluding hydrogens is 329 g/mol. The van der Waals surface area contributed by atoms with E-state index in [0.29, 0.717) is 0 Å².